The highest BCUT2D eigenvalue weighted by atomic mass is 16.7. The topological polar surface area (TPSA) is 27.7 Å². The first-order valence-corrected chi connectivity index (χ1v) is 7.80. The standard InChI is InChI=1S/C18H24O3/c1-19-16-12-14-10-6-7-11-15(18(14)21-16)17(20-2)13-8-4-3-5-9-13/h3-5,8-9,12,15-18H,6-7,10-11H2,1-2H3. The zero-order chi connectivity index (χ0) is 14.7. The van der Waals surface area contributed by atoms with Crippen molar-refractivity contribution < 1.29 is 14.2 Å². The zero-order valence-electron chi connectivity index (χ0n) is 12.8. The third-order valence-electron chi connectivity index (χ3n) is 4.64. The van der Waals surface area contributed by atoms with E-state index >= 15 is 0 Å². The van der Waals surface area contributed by atoms with Gasteiger partial charge in [-0.05, 0) is 36.5 Å². The summed E-state index contributed by atoms with van der Waals surface area (Å²) in [5.41, 5.74) is 2.62. The normalized spacial score (nSPS) is 30.4. The summed E-state index contributed by atoms with van der Waals surface area (Å²) < 4.78 is 17.3. The molecule has 1 heterocycles. The smallest absolute Gasteiger partial charge is 0.177 e. The number of fused-ring (bicyclic) bond motifs is 1. The number of benzene rings is 1. The van der Waals surface area contributed by atoms with Crippen molar-refractivity contribution in [2.45, 2.75) is 44.2 Å². The van der Waals surface area contributed by atoms with E-state index in [1.165, 1.54) is 24.0 Å². The van der Waals surface area contributed by atoms with Gasteiger partial charge in [0.1, 0.15) is 0 Å². The van der Waals surface area contributed by atoms with E-state index in [0.29, 0.717) is 5.92 Å². The predicted octanol–water partition coefficient (Wildman–Crippen LogP) is 3.86. The number of ether oxygens (including phenoxy) is 3. The molecule has 4 unspecified atom stereocenters. The Labute approximate surface area is 126 Å². The molecule has 1 aromatic rings. The molecular formula is C18H24O3. The molecule has 0 N–H and O–H groups in total. The lowest BCUT2D eigenvalue weighted by atomic mass is 9.86. The lowest BCUT2D eigenvalue weighted by Crippen LogP contribution is -2.30. The van der Waals surface area contributed by atoms with Crippen LogP contribution < -0.4 is 0 Å². The van der Waals surface area contributed by atoms with Crippen molar-refractivity contribution in [1.82, 2.24) is 0 Å². The Morgan fingerprint density at radius 1 is 1.14 bits per heavy atom. The van der Waals surface area contributed by atoms with Crippen molar-refractivity contribution in [3.63, 3.8) is 0 Å². The van der Waals surface area contributed by atoms with E-state index in [2.05, 4.69) is 30.3 Å². The Morgan fingerprint density at radius 3 is 2.67 bits per heavy atom. The summed E-state index contributed by atoms with van der Waals surface area (Å²) in [5.74, 6) is 0.353. The Balaban J connectivity index is 1.86. The monoisotopic (exact) mass is 288 g/mol. The minimum absolute atomic E-state index is 0.0771. The first kappa shape index (κ1) is 14.8. The molecular weight excluding hydrogens is 264 g/mol. The maximum atomic E-state index is 6.12. The summed E-state index contributed by atoms with van der Waals surface area (Å²) in [6.45, 7) is 0. The Bertz CT molecular complexity index is 482. The van der Waals surface area contributed by atoms with Crippen molar-refractivity contribution in [3.05, 3.63) is 47.5 Å². The first-order valence-electron chi connectivity index (χ1n) is 7.80. The average Bonchev–Trinajstić information content (AvgIpc) is 2.85. The maximum Gasteiger partial charge on any atom is 0.177 e. The van der Waals surface area contributed by atoms with Crippen LogP contribution in [0.4, 0.5) is 0 Å². The van der Waals surface area contributed by atoms with Crippen LogP contribution in [0, 0.1) is 5.92 Å². The Hall–Kier alpha value is -1.16. The van der Waals surface area contributed by atoms with Gasteiger partial charge in [-0.25, -0.2) is 0 Å². The van der Waals surface area contributed by atoms with E-state index in [0.717, 1.165) is 12.8 Å². The number of hydrogen-bond acceptors (Lipinski definition) is 3. The molecule has 0 saturated heterocycles. The minimum Gasteiger partial charge on any atom is -0.376 e. The van der Waals surface area contributed by atoms with Crippen LogP contribution in [0.3, 0.4) is 0 Å². The fourth-order valence-corrected chi connectivity index (χ4v) is 3.64. The van der Waals surface area contributed by atoms with E-state index in [1.54, 1.807) is 14.2 Å². The van der Waals surface area contributed by atoms with Gasteiger partial charge < -0.3 is 14.2 Å². The lowest BCUT2D eigenvalue weighted by Gasteiger charge is -2.31. The van der Waals surface area contributed by atoms with Crippen LogP contribution in [0.5, 0.6) is 0 Å². The van der Waals surface area contributed by atoms with E-state index in [1.807, 2.05) is 6.07 Å². The molecule has 0 radical (unpaired) electrons. The molecule has 1 aliphatic carbocycles. The van der Waals surface area contributed by atoms with Crippen LogP contribution in [0.15, 0.2) is 42.0 Å². The molecule has 4 atom stereocenters. The highest BCUT2D eigenvalue weighted by Gasteiger charge is 2.39. The van der Waals surface area contributed by atoms with Gasteiger partial charge in [0.05, 0.1) is 12.2 Å². The highest BCUT2D eigenvalue weighted by Crippen LogP contribution is 2.42. The fourth-order valence-electron chi connectivity index (χ4n) is 3.64. The molecule has 2 aliphatic rings. The van der Waals surface area contributed by atoms with Gasteiger partial charge in [-0.15, -0.1) is 0 Å². The van der Waals surface area contributed by atoms with Crippen LogP contribution in [0.25, 0.3) is 0 Å². The highest BCUT2D eigenvalue weighted by molar-refractivity contribution is 5.23. The van der Waals surface area contributed by atoms with E-state index in [-0.39, 0.29) is 18.5 Å². The molecule has 114 valence electrons. The Morgan fingerprint density at radius 2 is 1.95 bits per heavy atom. The summed E-state index contributed by atoms with van der Waals surface area (Å²) >= 11 is 0. The van der Waals surface area contributed by atoms with Crippen LogP contribution in [0.1, 0.15) is 37.4 Å². The molecule has 3 nitrogen and oxygen atoms in total. The van der Waals surface area contributed by atoms with Crippen LogP contribution in [-0.4, -0.2) is 26.6 Å². The summed E-state index contributed by atoms with van der Waals surface area (Å²) in [4.78, 5) is 0. The summed E-state index contributed by atoms with van der Waals surface area (Å²) in [7, 11) is 3.50. The number of rotatable bonds is 4. The average molecular weight is 288 g/mol. The van der Waals surface area contributed by atoms with Crippen molar-refractivity contribution in [2.24, 2.45) is 5.92 Å². The lowest BCUT2D eigenvalue weighted by molar-refractivity contribution is -0.130. The molecule has 0 aromatic heterocycles. The zero-order valence-corrected chi connectivity index (χ0v) is 12.8. The molecule has 0 amide bonds. The van der Waals surface area contributed by atoms with Gasteiger partial charge in [0, 0.05) is 20.1 Å². The van der Waals surface area contributed by atoms with Gasteiger partial charge in [0.15, 0.2) is 6.29 Å². The minimum atomic E-state index is -0.195. The third kappa shape index (κ3) is 3.05. The predicted molar refractivity (Wildman–Crippen MR) is 81.9 cm³/mol. The van der Waals surface area contributed by atoms with Gasteiger partial charge in [-0.2, -0.15) is 0 Å². The van der Waals surface area contributed by atoms with Gasteiger partial charge in [-0.3, -0.25) is 0 Å². The van der Waals surface area contributed by atoms with E-state index in [4.69, 9.17) is 14.2 Å². The summed E-state index contributed by atoms with van der Waals surface area (Å²) in [6.07, 6.45) is 6.87. The SMILES string of the molecule is COC1C=C2CCCCC(C(OC)c3ccccc3)C2O1. The van der Waals surface area contributed by atoms with E-state index < -0.39 is 0 Å². The number of methoxy groups -OCH3 is 2. The van der Waals surface area contributed by atoms with Crippen LogP contribution in [0.2, 0.25) is 0 Å². The van der Waals surface area contributed by atoms with Gasteiger partial charge >= 0.3 is 0 Å². The van der Waals surface area contributed by atoms with Crippen molar-refractivity contribution in [1.29, 1.82) is 0 Å². The molecule has 1 aliphatic heterocycles. The van der Waals surface area contributed by atoms with Crippen molar-refractivity contribution in [3.8, 4) is 0 Å². The van der Waals surface area contributed by atoms with Gasteiger partial charge in [0.2, 0.25) is 0 Å². The van der Waals surface area contributed by atoms with Crippen LogP contribution >= 0.6 is 0 Å². The quantitative estimate of drug-likeness (QED) is 0.787. The fraction of sp³-hybridized carbons (Fsp3) is 0.556. The summed E-state index contributed by atoms with van der Waals surface area (Å²) in [6, 6.07) is 10.5. The molecule has 0 bridgehead atoms. The molecule has 1 aromatic carbocycles. The molecule has 3 rings (SSSR count). The largest absolute Gasteiger partial charge is 0.376 e. The molecule has 0 spiro atoms. The van der Waals surface area contributed by atoms with Crippen molar-refractivity contribution in [2.75, 3.05) is 14.2 Å². The maximum absolute atomic E-state index is 6.12. The van der Waals surface area contributed by atoms with Crippen LogP contribution in [-0.2, 0) is 14.2 Å². The second-order valence-electron chi connectivity index (χ2n) is 5.88. The first-order chi connectivity index (χ1) is 10.3. The van der Waals surface area contributed by atoms with Crippen molar-refractivity contribution >= 4 is 0 Å². The number of hydrogen-bond donors (Lipinski definition) is 0. The molecule has 1 saturated carbocycles. The molecule has 21 heavy (non-hydrogen) atoms. The molecule has 3 heteroatoms. The van der Waals surface area contributed by atoms with E-state index in [9.17, 15) is 0 Å². The second kappa shape index (κ2) is 6.73. The second-order valence-corrected chi connectivity index (χ2v) is 5.88. The molecule has 1 fully saturated rings. The van der Waals surface area contributed by atoms with Gasteiger partial charge in [0.25, 0.3) is 0 Å². The summed E-state index contributed by atoms with van der Waals surface area (Å²) in [5, 5.41) is 0. The third-order valence-corrected chi connectivity index (χ3v) is 4.64. The Kier molecular flexibility index (Phi) is 4.73. The van der Waals surface area contributed by atoms with Gasteiger partial charge in [-0.1, -0.05) is 36.8 Å².